The summed E-state index contributed by atoms with van der Waals surface area (Å²) in [6.45, 7) is 0. The summed E-state index contributed by atoms with van der Waals surface area (Å²) in [4.78, 5) is 0. The predicted molar refractivity (Wildman–Crippen MR) is 138 cm³/mol. The molecule has 0 N–H and O–H groups in total. The lowest BCUT2D eigenvalue weighted by Crippen LogP contribution is -1.89. The molecule has 0 saturated carbocycles. The number of halogens is 1. The van der Waals surface area contributed by atoms with Crippen molar-refractivity contribution in [1.82, 2.24) is 0 Å². The van der Waals surface area contributed by atoms with Crippen molar-refractivity contribution in [1.29, 1.82) is 0 Å². The minimum Gasteiger partial charge on any atom is -0.456 e. The minimum atomic E-state index is 0.897. The van der Waals surface area contributed by atoms with E-state index in [1.54, 1.807) is 0 Å². The van der Waals surface area contributed by atoms with Crippen molar-refractivity contribution in [2.45, 2.75) is 0 Å². The van der Waals surface area contributed by atoms with Crippen LogP contribution in [0.5, 0.6) is 0 Å². The second-order valence-electron chi connectivity index (χ2n) is 7.88. The normalized spacial score (nSPS) is 11.3. The molecule has 0 radical (unpaired) electrons. The zero-order valence-electron chi connectivity index (χ0n) is 17.3. The number of benzene rings is 5. The second-order valence-corrected chi connectivity index (χ2v) is 8.74. The van der Waals surface area contributed by atoms with E-state index in [1.807, 2.05) is 12.1 Å². The van der Waals surface area contributed by atoms with Gasteiger partial charge in [0.25, 0.3) is 0 Å². The third kappa shape index (κ3) is 3.16. The molecule has 1 aromatic heterocycles. The Labute approximate surface area is 195 Å². The topological polar surface area (TPSA) is 13.1 Å². The van der Waals surface area contributed by atoms with Crippen LogP contribution in [0, 0.1) is 0 Å². The fourth-order valence-corrected chi connectivity index (χ4v) is 5.07. The van der Waals surface area contributed by atoms with Crippen LogP contribution < -0.4 is 0 Å². The molecule has 152 valence electrons. The summed E-state index contributed by atoms with van der Waals surface area (Å²) < 4.78 is 7.14. The predicted octanol–water partition coefficient (Wildman–Crippen LogP) is 9.35. The lowest BCUT2D eigenvalue weighted by Gasteiger charge is -2.15. The van der Waals surface area contributed by atoms with Gasteiger partial charge in [0.2, 0.25) is 0 Å². The molecular weight excluding hydrogens is 456 g/mol. The fraction of sp³-hybridized carbons (Fsp3) is 0. The number of furan rings is 1. The first-order chi connectivity index (χ1) is 15.8. The van der Waals surface area contributed by atoms with Crippen LogP contribution in [0.1, 0.15) is 0 Å². The first-order valence-corrected chi connectivity index (χ1v) is 11.4. The van der Waals surface area contributed by atoms with Gasteiger partial charge in [-0.05, 0) is 57.6 Å². The summed E-state index contributed by atoms with van der Waals surface area (Å²) >= 11 is 3.70. The molecule has 1 nitrogen and oxygen atoms in total. The molecule has 0 aliphatic rings. The summed E-state index contributed by atoms with van der Waals surface area (Å²) in [5.74, 6) is 0. The monoisotopic (exact) mass is 474 g/mol. The highest BCUT2D eigenvalue weighted by Gasteiger charge is 2.15. The van der Waals surface area contributed by atoms with Gasteiger partial charge in [0, 0.05) is 15.2 Å². The summed E-state index contributed by atoms with van der Waals surface area (Å²) in [6, 6.07) is 40.4. The van der Waals surface area contributed by atoms with E-state index >= 15 is 0 Å². The van der Waals surface area contributed by atoms with Crippen LogP contribution in [0.25, 0.3) is 55.3 Å². The lowest BCUT2D eigenvalue weighted by molar-refractivity contribution is 0.669. The van der Waals surface area contributed by atoms with Gasteiger partial charge in [-0.3, -0.25) is 0 Å². The fourth-order valence-electron chi connectivity index (χ4n) is 4.51. The van der Waals surface area contributed by atoms with Gasteiger partial charge in [0.15, 0.2) is 0 Å². The minimum absolute atomic E-state index is 0.897. The maximum atomic E-state index is 6.09. The Balaban J connectivity index is 1.58. The largest absolute Gasteiger partial charge is 0.456 e. The first kappa shape index (κ1) is 19.1. The van der Waals surface area contributed by atoms with Gasteiger partial charge in [-0.2, -0.15) is 0 Å². The molecule has 0 unspecified atom stereocenters. The molecule has 0 amide bonds. The molecule has 1 heterocycles. The third-order valence-electron chi connectivity index (χ3n) is 5.98. The van der Waals surface area contributed by atoms with Crippen LogP contribution in [0.2, 0.25) is 0 Å². The molecule has 2 heteroatoms. The van der Waals surface area contributed by atoms with Gasteiger partial charge >= 0.3 is 0 Å². The van der Waals surface area contributed by atoms with E-state index in [0.29, 0.717) is 0 Å². The van der Waals surface area contributed by atoms with Gasteiger partial charge in [-0.15, -0.1) is 0 Å². The zero-order valence-corrected chi connectivity index (χ0v) is 18.8. The number of fused-ring (bicyclic) bond motifs is 3. The van der Waals surface area contributed by atoms with Crippen molar-refractivity contribution in [2.24, 2.45) is 0 Å². The summed E-state index contributed by atoms with van der Waals surface area (Å²) in [7, 11) is 0. The Hall–Kier alpha value is -3.62. The van der Waals surface area contributed by atoms with E-state index in [-0.39, 0.29) is 0 Å². The average Bonchev–Trinajstić information content (AvgIpc) is 3.24. The molecule has 5 aromatic carbocycles. The third-order valence-corrected chi connectivity index (χ3v) is 6.65. The summed E-state index contributed by atoms with van der Waals surface area (Å²) in [5.41, 5.74) is 9.09. The highest BCUT2D eigenvalue weighted by molar-refractivity contribution is 9.10. The standard InChI is InChI=1S/C30H19BrO/c31-27-15-8-16-29-30(27)26-19-21(17-18-28(26)32-29)23-12-5-7-14-25(23)24-13-6-4-11-22(24)20-9-2-1-3-10-20/h1-19H. The summed E-state index contributed by atoms with van der Waals surface area (Å²) in [5, 5.41) is 2.24. The van der Waals surface area contributed by atoms with Crippen LogP contribution in [-0.2, 0) is 0 Å². The lowest BCUT2D eigenvalue weighted by atomic mass is 9.89. The molecule has 0 atom stereocenters. The smallest absolute Gasteiger partial charge is 0.136 e. The molecule has 0 spiro atoms. The van der Waals surface area contributed by atoms with Crippen LogP contribution in [0.3, 0.4) is 0 Å². The molecule has 6 rings (SSSR count). The van der Waals surface area contributed by atoms with Gasteiger partial charge in [0.1, 0.15) is 11.2 Å². The van der Waals surface area contributed by atoms with Crippen molar-refractivity contribution in [3.05, 3.63) is 120 Å². The van der Waals surface area contributed by atoms with Crippen molar-refractivity contribution >= 4 is 37.9 Å². The molecule has 6 aromatic rings. The zero-order chi connectivity index (χ0) is 21.5. The molecule has 0 bridgehead atoms. The van der Waals surface area contributed by atoms with E-state index in [9.17, 15) is 0 Å². The highest BCUT2D eigenvalue weighted by atomic mass is 79.9. The molecule has 0 saturated heterocycles. The molecule has 0 fully saturated rings. The summed E-state index contributed by atoms with van der Waals surface area (Å²) in [6.07, 6.45) is 0. The Morgan fingerprint density at radius 3 is 1.81 bits per heavy atom. The maximum absolute atomic E-state index is 6.09. The van der Waals surface area contributed by atoms with E-state index < -0.39 is 0 Å². The number of hydrogen-bond donors (Lipinski definition) is 0. The Morgan fingerprint density at radius 1 is 0.469 bits per heavy atom. The highest BCUT2D eigenvalue weighted by Crippen LogP contribution is 2.41. The maximum Gasteiger partial charge on any atom is 0.136 e. The van der Waals surface area contributed by atoms with E-state index in [1.165, 1.54) is 33.4 Å². The number of hydrogen-bond acceptors (Lipinski definition) is 1. The van der Waals surface area contributed by atoms with Crippen LogP contribution in [0.15, 0.2) is 124 Å². The molecule has 0 aliphatic carbocycles. The molecule has 0 aliphatic heterocycles. The van der Waals surface area contributed by atoms with Crippen molar-refractivity contribution < 1.29 is 4.42 Å². The second kappa shape index (κ2) is 7.81. The molecular formula is C30H19BrO. The van der Waals surface area contributed by atoms with Crippen molar-refractivity contribution in [2.75, 3.05) is 0 Å². The van der Waals surface area contributed by atoms with Gasteiger partial charge in [-0.25, -0.2) is 0 Å². The van der Waals surface area contributed by atoms with Gasteiger partial charge in [0.05, 0.1) is 0 Å². The molecule has 32 heavy (non-hydrogen) atoms. The van der Waals surface area contributed by atoms with Crippen LogP contribution >= 0.6 is 15.9 Å². The van der Waals surface area contributed by atoms with Crippen LogP contribution in [0.4, 0.5) is 0 Å². The Kier molecular flexibility index (Phi) is 4.66. The first-order valence-electron chi connectivity index (χ1n) is 10.6. The van der Waals surface area contributed by atoms with Crippen molar-refractivity contribution in [3.8, 4) is 33.4 Å². The SMILES string of the molecule is Brc1cccc2oc3ccc(-c4ccccc4-c4ccccc4-c4ccccc4)cc3c12. The quantitative estimate of drug-likeness (QED) is 0.249. The number of rotatable bonds is 3. The van der Waals surface area contributed by atoms with E-state index in [4.69, 9.17) is 4.42 Å². The van der Waals surface area contributed by atoms with Crippen molar-refractivity contribution in [3.63, 3.8) is 0 Å². The Bertz CT molecular complexity index is 1580. The van der Waals surface area contributed by atoms with E-state index in [0.717, 1.165) is 26.4 Å². The van der Waals surface area contributed by atoms with Gasteiger partial charge < -0.3 is 4.42 Å². The van der Waals surface area contributed by atoms with Gasteiger partial charge in [-0.1, -0.05) is 107 Å². The van der Waals surface area contributed by atoms with Crippen LogP contribution in [-0.4, -0.2) is 0 Å². The average molecular weight is 475 g/mol. The Morgan fingerprint density at radius 2 is 1.09 bits per heavy atom. The van der Waals surface area contributed by atoms with E-state index in [2.05, 4.69) is 119 Å².